The number of nitrogens with zero attached hydrogens (tertiary/aromatic N) is 1. The van der Waals surface area contributed by atoms with E-state index in [0.717, 1.165) is 4.90 Å². The second-order valence-corrected chi connectivity index (χ2v) is 5.15. The maximum Gasteiger partial charge on any atom is 0.127 e. The Morgan fingerprint density at radius 3 is 2.56 bits per heavy atom. The minimum Gasteiger partial charge on any atom is -0.207 e. The fourth-order valence-electron chi connectivity index (χ4n) is 1.45. The summed E-state index contributed by atoms with van der Waals surface area (Å²) in [7, 11) is 0. The molecule has 0 radical (unpaired) electrons. The molecular formula is C14H9ClFNS. The molecule has 4 heteroatoms. The van der Waals surface area contributed by atoms with Crippen LogP contribution in [-0.2, 0) is 5.75 Å². The molecule has 90 valence electrons. The molecule has 0 aliphatic heterocycles. The number of benzene rings is 2. The summed E-state index contributed by atoms with van der Waals surface area (Å²) in [6, 6.07) is 13.8. The minimum absolute atomic E-state index is 0.282. The Labute approximate surface area is 114 Å². The molecule has 0 saturated carbocycles. The van der Waals surface area contributed by atoms with Crippen LogP contribution in [0.5, 0.6) is 0 Å². The van der Waals surface area contributed by atoms with Gasteiger partial charge in [-0.15, -0.1) is 11.8 Å². The summed E-state index contributed by atoms with van der Waals surface area (Å²) >= 11 is 7.30. The Morgan fingerprint density at radius 1 is 1.17 bits per heavy atom. The maximum absolute atomic E-state index is 13.5. The summed E-state index contributed by atoms with van der Waals surface area (Å²) in [6.07, 6.45) is 0. The van der Waals surface area contributed by atoms with Gasteiger partial charge in [0.2, 0.25) is 0 Å². The van der Waals surface area contributed by atoms with Crippen molar-refractivity contribution in [2.24, 2.45) is 0 Å². The third-order valence-corrected chi connectivity index (χ3v) is 3.70. The van der Waals surface area contributed by atoms with Crippen LogP contribution < -0.4 is 0 Å². The highest BCUT2D eigenvalue weighted by atomic mass is 35.5. The lowest BCUT2D eigenvalue weighted by Gasteiger charge is -2.04. The summed E-state index contributed by atoms with van der Waals surface area (Å²) in [5, 5.41) is 9.45. The van der Waals surface area contributed by atoms with E-state index >= 15 is 0 Å². The average Bonchev–Trinajstić information content (AvgIpc) is 2.40. The number of rotatable bonds is 3. The predicted octanol–water partition coefficient (Wildman–Crippen LogP) is 4.64. The molecule has 0 amide bonds. The van der Waals surface area contributed by atoms with Gasteiger partial charge >= 0.3 is 0 Å². The molecular weight excluding hydrogens is 269 g/mol. The molecule has 0 unspecified atom stereocenters. The molecule has 2 rings (SSSR count). The van der Waals surface area contributed by atoms with Gasteiger partial charge < -0.3 is 0 Å². The maximum atomic E-state index is 13.5. The molecule has 0 bridgehead atoms. The second kappa shape index (κ2) is 5.90. The molecule has 2 aromatic carbocycles. The molecule has 0 aliphatic carbocycles. The number of halogens is 2. The summed E-state index contributed by atoms with van der Waals surface area (Å²) in [5.74, 6) is 0.207. The van der Waals surface area contributed by atoms with Crippen LogP contribution in [0.15, 0.2) is 47.4 Å². The van der Waals surface area contributed by atoms with Gasteiger partial charge in [-0.3, -0.25) is 0 Å². The first kappa shape index (κ1) is 12.9. The van der Waals surface area contributed by atoms with Gasteiger partial charge in [0.15, 0.2) is 0 Å². The first-order valence-corrected chi connectivity index (χ1v) is 6.62. The number of hydrogen-bond acceptors (Lipinski definition) is 2. The van der Waals surface area contributed by atoms with Crippen molar-refractivity contribution in [1.82, 2.24) is 0 Å². The normalized spacial score (nSPS) is 10.1. The Bertz CT molecular complexity index is 590. The lowest BCUT2D eigenvalue weighted by molar-refractivity contribution is 0.617. The van der Waals surface area contributed by atoms with Gasteiger partial charge in [-0.25, -0.2) is 4.39 Å². The van der Waals surface area contributed by atoms with E-state index < -0.39 is 0 Å². The first-order valence-electron chi connectivity index (χ1n) is 5.26. The van der Waals surface area contributed by atoms with Crippen LogP contribution in [0.25, 0.3) is 0 Å². The first-order chi connectivity index (χ1) is 8.69. The van der Waals surface area contributed by atoms with Gasteiger partial charge in [0.05, 0.1) is 11.6 Å². The zero-order valence-corrected chi connectivity index (χ0v) is 10.9. The summed E-state index contributed by atoms with van der Waals surface area (Å²) in [4.78, 5) is 1.01. The highest BCUT2D eigenvalue weighted by molar-refractivity contribution is 7.98. The van der Waals surface area contributed by atoms with E-state index in [2.05, 4.69) is 0 Å². The molecule has 0 aliphatic rings. The topological polar surface area (TPSA) is 23.8 Å². The van der Waals surface area contributed by atoms with E-state index in [4.69, 9.17) is 16.9 Å². The van der Waals surface area contributed by atoms with Crippen molar-refractivity contribution in [3.8, 4) is 6.07 Å². The SMILES string of the molecule is N#Cc1ccc(F)c(CSc2ccc(Cl)cc2)c1. The Hall–Kier alpha value is -1.50. The van der Waals surface area contributed by atoms with E-state index in [1.165, 1.54) is 23.9 Å². The van der Waals surface area contributed by atoms with Crippen molar-refractivity contribution in [3.63, 3.8) is 0 Å². The van der Waals surface area contributed by atoms with Crippen LogP contribution in [0, 0.1) is 17.1 Å². The molecule has 0 heterocycles. The zero-order chi connectivity index (χ0) is 13.0. The highest BCUT2D eigenvalue weighted by Crippen LogP contribution is 2.25. The van der Waals surface area contributed by atoms with E-state index in [9.17, 15) is 4.39 Å². The van der Waals surface area contributed by atoms with Gasteiger partial charge in [0, 0.05) is 15.7 Å². The van der Waals surface area contributed by atoms with Crippen molar-refractivity contribution < 1.29 is 4.39 Å². The summed E-state index contributed by atoms with van der Waals surface area (Å²) in [6.45, 7) is 0. The van der Waals surface area contributed by atoms with Crippen LogP contribution in [-0.4, -0.2) is 0 Å². The third kappa shape index (κ3) is 3.25. The van der Waals surface area contributed by atoms with E-state index in [-0.39, 0.29) is 5.82 Å². The van der Waals surface area contributed by atoms with Crippen LogP contribution in [0.3, 0.4) is 0 Å². The third-order valence-electron chi connectivity index (χ3n) is 2.38. The largest absolute Gasteiger partial charge is 0.207 e. The monoisotopic (exact) mass is 277 g/mol. The zero-order valence-electron chi connectivity index (χ0n) is 9.36. The van der Waals surface area contributed by atoms with Crippen LogP contribution in [0.1, 0.15) is 11.1 Å². The molecule has 0 atom stereocenters. The van der Waals surface area contributed by atoms with Gasteiger partial charge in [0.1, 0.15) is 5.82 Å². The van der Waals surface area contributed by atoms with Gasteiger partial charge in [-0.1, -0.05) is 11.6 Å². The fourth-order valence-corrected chi connectivity index (χ4v) is 2.44. The van der Waals surface area contributed by atoms with Crippen molar-refractivity contribution in [2.75, 3.05) is 0 Å². The standard InChI is InChI=1S/C14H9ClFNS/c15-12-2-4-13(5-3-12)18-9-11-7-10(8-17)1-6-14(11)16/h1-7H,9H2. The quantitative estimate of drug-likeness (QED) is 0.763. The fraction of sp³-hybridized carbons (Fsp3) is 0.0714. The smallest absolute Gasteiger partial charge is 0.127 e. The molecule has 0 saturated heterocycles. The van der Waals surface area contributed by atoms with E-state index in [1.54, 1.807) is 18.2 Å². The Kier molecular flexibility index (Phi) is 4.24. The van der Waals surface area contributed by atoms with Crippen LogP contribution in [0.4, 0.5) is 4.39 Å². The van der Waals surface area contributed by atoms with Crippen molar-refractivity contribution in [1.29, 1.82) is 5.26 Å². The van der Waals surface area contributed by atoms with E-state index in [1.807, 2.05) is 18.2 Å². The molecule has 0 aromatic heterocycles. The second-order valence-electron chi connectivity index (χ2n) is 3.66. The van der Waals surface area contributed by atoms with Gasteiger partial charge in [0.25, 0.3) is 0 Å². The number of thioether (sulfide) groups is 1. The highest BCUT2D eigenvalue weighted by Gasteiger charge is 2.04. The van der Waals surface area contributed by atoms with E-state index in [0.29, 0.717) is 21.9 Å². The Balaban J connectivity index is 2.10. The molecule has 2 aromatic rings. The molecule has 0 N–H and O–H groups in total. The van der Waals surface area contributed by atoms with Gasteiger partial charge in [-0.2, -0.15) is 5.26 Å². The predicted molar refractivity (Wildman–Crippen MR) is 72.1 cm³/mol. The molecule has 1 nitrogen and oxygen atoms in total. The van der Waals surface area contributed by atoms with Crippen LogP contribution in [0.2, 0.25) is 5.02 Å². The summed E-state index contributed by atoms with van der Waals surface area (Å²) < 4.78 is 13.5. The Morgan fingerprint density at radius 2 is 1.89 bits per heavy atom. The molecule has 18 heavy (non-hydrogen) atoms. The molecule has 0 fully saturated rings. The lowest BCUT2D eigenvalue weighted by atomic mass is 10.1. The van der Waals surface area contributed by atoms with Crippen molar-refractivity contribution >= 4 is 23.4 Å². The van der Waals surface area contributed by atoms with Crippen molar-refractivity contribution in [2.45, 2.75) is 10.6 Å². The summed E-state index contributed by atoms with van der Waals surface area (Å²) in [5.41, 5.74) is 1.01. The number of nitriles is 1. The van der Waals surface area contributed by atoms with Crippen LogP contribution >= 0.6 is 23.4 Å². The van der Waals surface area contributed by atoms with Crippen molar-refractivity contribution in [3.05, 3.63) is 64.4 Å². The average molecular weight is 278 g/mol. The minimum atomic E-state index is -0.282. The number of hydrogen-bond donors (Lipinski definition) is 0. The molecule has 0 spiro atoms. The lowest BCUT2D eigenvalue weighted by Crippen LogP contribution is -1.89. The van der Waals surface area contributed by atoms with Gasteiger partial charge in [-0.05, 0) is 48.0 Å².